The van der Waals surface area contributed by atoms with Gasteiger partial charge in [-0.1, -0.05) is 0 Å². The molecule has 1 aliphatic heterocycles. The van der Waals surface area contributed by atoms with E-state index in [-0.39, 0.29) is 23.8 Å². The van der Waals surface area contributed by atoms with Crippen molar-refractivity contribution < 1.29 is 5.11 Å². The molecule has 3 heterocycles. The maximum atomic E-state index is 12.2. The van der Waals surface area contributed by atoms with Crippen molar-refractivity contribution in [2.75, 3.05) is 13.2 Å². The molecule has 3 rings (SSSR count). The highest BCUT2D eigenvalue weighted by molar-refractivity contribution is 5.69. The zero-order valence-corrected chi connectivity index (χ0v) is 13.7. The van der Waals surface area contributed by atoms with Crippen LogP contribution < -0.4 is 11.2 Å². The third-order valence-electron chi connectivity index (χ3n) is 4.86. The molecule has 0 amide bonds. The molecule has 2 aromatic rings. The summed E-state index contributed by atoms with van der Waals surface area (Å²) >= 11 is 0. The molecule has 0 saturated carbocycles. The summed E-state index contributed by atoms with van der Waals surface area (Å²) in [6.45, 7) is 3.73. The van der Waals surface area contributed by atoms with E-state index in [1.807, 2.05) is 0 Å². The molecule has 8 heteroatoms. The Morgan fingerprint density at radius 2 is 2.00 bits per heavy atom. The van der Waals surface area contributed by atoms with E-state index in [4.69, 9.17) is 0 Å². The predicted octanol–water partition coefficient (Wildman–Crippen LogP) is -0.447. The monoisotopic (exact) mass is 321 g/mol. The second-order valence-electron chi connectivity index (χ2n) is 6.49. The van der Waals surface area contributed by atoms with Gasteiger partial charge in [-0.15, -0.1) is 0 Å². The number of nitrogens with zero attached hydrogens (tertiary/aromatic N) is 4. The minimum atomic E-state index is -0.382. The van der Waals surface area contributed by atoms with E-state index in [0.717, 1.165) is 24.0 Å². The number of H-pyrrole nitrogens is 1. The number of nitrogens with one attached hydrogen (secondary N) is 1. The molecule has 8 nitrogen and oxygen atoms in total. The molecule has 0 spiro atoms. The molecule has 1 fully saturated rings. The SMILES string of the molecule is CC1CCC(CO)CN1Cc1nc2c([nH]1)c(=O)n(C)c(=O)n2C. The fraction of sp³-hybridized carbons (Fsp3) is 0.667. The zero-order valence-electron chi connectivity index (χ0n) is 13.7. The van der Waals surface area contributed by atoms with E-state index in [9.17, 15) is 14.7 Å². The molecule has 2 aromatic heterocycles. The number of likely N-dealkylation sites (tertiary alicyclic amines) is 1. The van der Waals surface area contributed by atoms with Crippen molar-refractivity contribution in [1.29, 1.82) is 0 Å². The molecule has 23 heavy (non-hydrogen) atoms. The third-order valence-corrected chi connectivity index (χ3v) is 4.86. The molecule has 2 N–H and O–H groups in total. The number of fused-ring (bicyclic) bond motifs is 1. The third kappa shape index (κ3) is 2.72. The highest BCUT2D eigenvalue weighted by Gasteiger charge is 2.26. The van der Waals surface area contributed by atoms with E-state index < -0.39 is 0 Å². The first-order valence-electron chi connectivity index (χ1n) is 7.92. The first-order chi connectivity index (χ1) is 10.9. The van der Waals surface area contributed by atoms with E-state index in [1.165, 1.54) is 11.6 Å². The van der Waals surface area contributed by atoms with Crippen LogP contribution in [0.3, 0.4) is 0 Å². The first kappa shape index (κ1) is 15.9. The first-order valence-corrected chi connectivity index (χ1v) is 7.92. The quantitative estimate of drug-likeness (QED) is 0.798. The molecule has 2 unspecified atom stereocenters. The van der Waals surface area contributed by atoms with Gasteiger partial charge in [-0.25, -0.2) is 9.78 Å². The number of aliphatic hydroxyl groups excluding tert-OH is 1. The minimum absolute atomic E-state index is 0.193. The molecule has 1 saturated heterocycles. The maximum absolute atomic E-state index is 12.2. The van der Waals surface area contributed by atoms with E-state index in [1.54, 1.807) is 7.05 Å². The number of aromatic nitrogens is 4. The average Bonchev–Trinajstić information content (AvgIpc) is 2.97. The minimum Gasteiger partial charge on any atom is -0.396 e. The number of imidazole rings is 1. The van der Waals surface area contributed by atoms with Crippen LogP contribution in [0.1, 0.15) is 25.6 Å². The summed E-state index contributed by atoms with van der Waals surface area (Å²) in [5, 5.41) is 9.38. The van der Waals surface area contributed by atoms with Crippen LogP contribution in [0, 0.1) is 5.92 Å². The van der Waals surface area contributed by atoms with Crippen LogP contribution in [0.5, 0.6) is 0 Å². The Balaban J connectivity index is 1.95. The fourth-order valence-electron chi connectivity index (χ4n) is 3.27. The van der Waals surface area contributed by atoms with Gasteiger partial charge in [0, 0.05) is 33.3 Å². The second-order valence-corrected chi connectivity index (χ2v) is 6.49. The van der Waals surface area contributed by atoms with Gasteiger partial charge >= 0.3 is 5.69 Å². The van der Waals surface area contributed by atoms with Crippen molar-refractivity contribution in [3.63, 3.8) is 0 Å². The summed E-state index contributed by atoms with van der Waals surface area (Å²) in [6.07, 6.45) is 2.06. The summed E-state index contributed by atoms with van der Waals surface area (Å²) in [5.41, 5.74) is -0.00143. The van der Waals surface area contributed by atoms with Gasteiger partial charge in [-0.3, -0.25) is 18.8 Å². The van der Waals surface area contributed by atoms with Crippen LogP contribution in [0.4, 0.5) is 0 Å². The Labute approximate surface area is 133 Å². The summed E-state index contributed by atoms with van der Waals surface area (Å²) < 4.78 is 2.46. The number of aryl methyl sites for hydroxylation is 1. The van der Waals surface area contributed by atoms with E-state index in [0.29, 0.717) is 29.6 Å². The zero-order chi connectivity index (χ0) is 16.7. The number of piperidine rings is 1. The maximum Gasteiger partial charge on any atom is 0.332 e. The molecule has 126 valence electrons. The van der Waals surface area contributed by atoms with E-state index in [2.05, 4.69) is 21.8 Å². The molecule has 2 atom stereocenters. The van der Waals surface area contributed by atoms with Crippen molar-refractivity contribution in [3.05, 3.63) is 26.7 Å². The molecule has 0 radical (unpaired) electrons. The topological polar surface area (TPSA) is 96.2 Å². The Morgan fingerprint density at radius 1 is 1.26 bits per heavy atom. The average molecular weight is 321 g/mol. The van der Waals surface area contributed by atoms with Crippen molar-refractivity contribution in [3.8, 4) is 0 Å². The predicted molar refractivity (Wildman–Crippen MR) is 86.3 cm³/mol. The normalized spacial score (nSPS) is 22.8. The number of aliphatic hydroxyl groups is 1. The number of rotatable bonds is 3. The highest BCUT2D eigenvalue weighted by atomic mass is 16.3. The lowest BCUT2D eigenvalue weighted by Gasteiger charge is -2.36. The summed E-state index contributed by atoms with van der Waals surface area (Å²) in [4.78, 5) is 33.9. The Hall–Kier alpha value is -1.93. The van der Waals surface area contributed by atoms with Crippen molar-refractivity contribution in [2.24, 2.45) is 20.0 Å². The van der Waals surface area contributed by atoms with E-state index >= 15 is 0 Å². The fourth-order valence-corrected chi connectivity index (χ4v) is 3.27. The van der Waals surface area contributed by atoms with Gasteiger partial charge < -0.3 is 10.1 Å². The molecule has 0 bridgehead atoms. The Kier molecular flexibility index (Phi) is 4.11. The van der Waals surface area contributed by atoms with Crippen LogP contribution in [-0.4, -0.2) is 48.3 Å². The number of aromatic amines is 1. The Bertz CT molecular complexity index is 834. The van der Waals surface area contributed by atoms with Crippen molar-refractivity contribution >= 4 is 11.2 Å². The lowest BCUT2D eigenvalue weighted by molar-refractivity contribution is 0.0754. The molecule has 0 aliphatic carbocycles. The van der Waals surface area contributed by atoms with Crippen molar-refractivity contribution in [1.82, 2.24) is 24.0 Å². The lowest BCUT2D eigenvalue weighted by Crippen LogP contribution is -2.42. The standard InChI is InChI=1S/C15H23N5O3/c1-9-4-5-10(8-21)6-20(9)7-11-16-12-13(17-11)18(2)15(23)19(3)14(12)22/h9-10,21H,4-8H2,1-3H3,(H,16,17). The van der Waals surface area contributed by atoms with Gasteiger partial charge in [0.2, 0.25) is 0 Å². The molecule has 1 aliphatic rings. The number of hydrogen-bond donors (Lipinski definition) is 2. The van der Waals surface area contributed by atoms with Crippen molar-refractivity contribution in [2.45, 2.75) is 32.4 Å². The van der Waals surface area contributed by atoms with Gasteiger partial charge in [0.1, 0.15) is 11.3 Å². The van der Waals surface area contributed by atoms with Crippen LogP contribution in [0.2, 0.25) is 0 Å². The summed E-state index contributed by atoms with van der Waals surface area (Å²) in [5.74, 6) is 0.955. The summed E-state index contributed by atoms with van der Waals surface area (Å²) in [6, 6.07) is 0.401. The van der Waals surface area contributed by atoms with Gasteiger partial charge in [-0.05, 0) is 25.7 Å². The van der Waals surface area contributed by atoms with Crippen LogP contribution in [0.15, 0.2) is 9.59 Å². The number of hydrogen-bond acceptors (Lipinski definition) is 5. The molecule has 0 aromatic carbocycles. The largest absolute Gasteiger partial charge is 0.396 e. The molecular formula is C15H23N5O3. The summed E-state index contributed by atoms with van der Waals surface area (Å²) in [7, 11) is 3.07. The molecular weight excluding hydrogens is 298 g/mol. The second kappa shape index (κ2) is 5.93. The Morgan fingerprint density at radius 3 is 2.70 bits per heavy atom. The lowest BCUT2D eigenvalue weighted by atomic mass is 9.94. The van der Waals surface area contributed by atoms with Gasteiger partial charge in [0.25, 0.3) is 5.56 Å². The smallest absolute Gasteiger partial charge is 0.332 e. The van der Waals surface area contributed by atoms with Gasteiger partial charge in [0.05, 0.1) is 6.54 Å². The van der Waals surface area contributed by atoms with Gasteiger partial charge in [-0.2, -0.15) is 0 Å². The van der Waals surface area contributed by atoms with Gasteiger partial charge in [0.15, 0.2) is 5.65 Å². The highest BCUT2D eigenvalue weighted by Crippen LogP contribution is 2.23. The van der Waals surface area contributed by atoms with Crippen LogP contribution in [0.25, 0.3) is 11.2 Å². The van der Waals surface area contributed by atoms with Crippen LogP contribution in [-0.2, 0) is 20.6 Å². The van der Waals surface area contributed by atoms with Crippen LogP contribution >= 0.6 is 0 Å².